The van der Waals surface area contributed by atoms with Crippen LogP contribution in [0.2, 0.25) is 0 Å². The van der Waals surface area contributed by atoms with E-state index < -0.39 is 0 Å². The van der Waals surface area contributed by atoms with Crippen molar-refractivity contribution in [1.82, 2.24) is 9.66 Å². The quantitative estimate of drug-likeness (QED) is 0.184. The van der Waals surface area contributed by atoms with Gasteiger partial charge in [-0.15, -0.1) is 0 Å². The minimum Gasteiger partial charge on any atom is -0.490 e. The number of rotatable bonds is 8. The van der Waals surface area contributed by atoms with Crippen molar-refractivity contribution in [2.24, 2.45) is 5.10 Å². The molecule has 38 heavy (non-hydrogen) atoms. The molecule has 1 heterocycles. The number of hydrogen-bond acceptors (Lipinski definition) is 5. The molecule has 0 N–H and O–H groups in total. The Morgan fingerprint density at radius 3 is 2.58 bits per heavy atom. The Morgan fingerprint density at radius 2 is 1.76 bits per heavy atom. The van der Waals surface area contributed by atoms with Crippen LogP contribution in [0.4, 0.5) is 0 Å². The van der Waals surface area contributed by atoms with E-state index >= 15 is 0 Å². The first kappa shape index (κ1) is 25.7. The van der Waals surface area contributed by atoms with Gasteiger partial charge in [0, 0.05) is 10.4 Å². The predicted molar refractivity (Wildman–Crippen MR) is 157 cm³/mol. The van der Waals surface area contributed by atoms with Crippen LogP contribution >= 0.6 is 15.9 Å². The standard InChI is InChI=1S/C31H28BrN3O3/c1-4-37-29-16-21(12-15-28(29)38-19-23-10-7-9-22-8-5-6-11-25(22)23)18-33-35-30(20(2)3)34-27-14-13-24(32)17-26(27)31(35)36/h5-18,20H,4,19H2,1-3H3. The van der Waals surface area contributed by atoms with E-state index in [0.717, 1.165) is 15.6 Å². The van der Waals surface area contributed by atoms with Gasteiger partial charge < -0.3 is 9.47 Å². The van der Waals surface area contributed by atoms with E-state index in [0.29, 0.717) is 41.4 Å². The molecular weight excluding hydrogens is 542 g/mol. The van der Waals surface area contributed by atoms with E-state index in [-0.39, 0.29) is 11.5 Å². The van der Waals surface area contributed by atoms with E-state index in [1.54, 1.807) is 12.3 Å². The number of ether oxygens (including phenoxy) is 2. The zero-order valence-electron chi connectivity index (χ0n) is 21.5. The summed E-state index contributed by atoms with van der Waals surface area (Å²) in [5, 5.41) is 7.39. The minimum absolute atomic E-state index is 0.0109. The molecule has 0 radical (unpaired) electrons. The van der Waals surface area contributed by atoms with E-state index in [1.807, 2.05) is 69.3 Å². The second-order valence-corrected chi connectivity index (χ2v) is 10.1. The first-order chi connectivity index (χ1) is 18.4. The van der Waals surface area contributed by atoms with Crippen molar-refractivity contribution < 1.29 is 9.47 Å². The molecule has 0 spiro atoms. The molecule has 0 atom stereocenters. The molecule has 1 aromatic heterocycles. The molecule has 4 aromatic carbocycles. The van der Waals surface area contributed by atoms with Crippen LogP contribution in [0, 0.1) is 0 Å². The number of fused-ring (bicyclic) bond motifs is 2. The van der Waals surface area contributed by atoms with E-state index in [1.165, 1.54) is 15.4 Å². The summed E-state index contributed by atoms with van der Waals surface area (Å²) >= 11 is 3.44. The molecule has 0 bridgehead atoms. The van der Waals surface area contributed by atoms with Crippen LogP contribution in [0.25, 0.3) is 21.7 Å². The van der Waals surface area contributed by atoms with Gasteiger partial charge in [0.1, 0.15) is 12.4 Å². The summed E-state index contributed by atoms with van der Waals surface area (Å²) in [7, 11) is 0. The third-order valence-electron chi connectivity index (χ3n) is 6.20. The van der Waals surface area contributed by atoms with Crippen molar-refractivity contribution in [3.8, 4) is 11.5 Å². The first-order valence-electron chi connectivity index (χ1n) is 12.6. The van der Waals surface area contributed by atoms with Crippen LogP contribution in [0.1, 0.15) is 43.6 Å². The fraction of sp³-hybridized carbons (Fsp3) is 0.194. The van der Waals surface area contributed by atoms with Crippen molar-refractivity contribution in [2.45, 2.75) is 33.3 Å². The summed E-state index contributed by atoms with van der Waals surface area (Å²) in [6.45, 7) is 6.83. The molecule has 0 saturated carbocycles. The maximum absolute atomic E-state index is 13.3. The normalized spacial score (nSPS) is 11.6. The molecule has 5 rings (SSSR count). The average Bonchev–Trinajstić information content (AvgIpc) is 2.92. The molecule has 7 heteroatoms. The third kappa shape index (κ3) is 5.34. The van der Waals surface area contributed by atoms with E-state index in [2.05, 4.69) is 45.3 Å². The lowest BCUT2D eigenvalue weighted by atomic mass is 10.1. The molecule has 0 aliphatic carbocycles. The maximum Gasteiger partial charge on any atom is 0.282 e. The second kappa shape index (κ2) is 11.2. The number of nitrogens with zero attached hydrogens (tertiary/aromatic N) is 3. The topological polar surface area (TPSA) is 65.7 Å². The van der Waals surface area contributed by atoms with Crippen LogP contribution < -0.4 is 15.0 Å². The fourth-order valence-corrected chi connectivity index (χ4v) is 4.70. The predicted octanol–water partition coefficient (Wildman–Crippen LogP) is 7.30. The highest BCUT2D eigenvalue weighted by atomic mass is 79.9. The van der Waals surface area contributed by atoms with Crippen molar-refractivity contribution in [1.29, 1.82) is 0 Å². The lowest BCUT2D eigenvalue weighted by molar-refractivity contribution is 0.270. The largest absolute Gasteiger partial charge is 0.490 e. The Labute approximate surface area is 229 Å². The summed E-state index contributed by atoms with van der Waals surface area (Å²) in [6, 6.07) is 25.6. The molecule has 0 unspecified atom stereocenters. The Bertz CT molecular complexity index is 1700. The lowest BCUT2D eigenvalue weighted by Gasteiger charge is -2.14. The van der Waals surface area contributed by atoms with E-state index in [9.17, 15) is 4.79 Å². The van der Waals surface area contributed by atoms with Gasteiger partial charge in [0.25, 0.3) is 5.56 Å². The van der Waals surface area contributed by atoms with Crippen LogP contribution in [0.5, 0.6) is 11.5 Å². The van der Waals surface area contributed by atoms with Crippen LogP contribution in [-0.2, 0) is 6.61 Å². The monoisotopic (exact) mass is 569 g/mol. The van der Waals surface area contributed by atoms with Crippen molar-refractivity contribution in [2.75, 3.05) is 6.61 Å². The van der Waals surface area contributed by atoms with Gasteiger partial charge in [-0.05, 0) is 65.2 Å². The van der Waals surface area contributed by atoms with Crippen LogP contribution in [0.15, 0.2) is 93.2 Å². The lowest BCUT2D eigenvalue weighted by Crippen LogP contribution is -2.23. The number of benzene rings is 4. The summed E-state index contributed by atoms with van der Waals surface area (Å²) in [5.41, 5.74) is 2.32. The molecule has 6 nitrogen and oxygen atoms in total. The molecule has 0 saturated heterocycles. The second-order valence-electron chi connectivity index (χ2n) is 9.21. The average molecular weight is 570 g/mol. The van der Waals surface area contributed by atoms with Gasteiger partial charge in [0.2, 0.25) is 0 Å². The minimum atomic E-state index is -0.212. The third-order valence-corrected chi connectivity index (χ3v) is 6.70. The van der Waals surface area contributed by atoms with Gasteiger partial charge in [-0.25, -0.2) is 4.98 Å². The van der Waals surface area contributed by atoms with Crippen molar-refractivity contribution in [3.05, 3.63) is 111 Å². The molecule has 5 aromatic rings. The SMILES string of the molecule is CCOc1cc(C=Nn2c(C(C)C)nc3ccc(Br)cc3c2=O)ccc1OCc1cccc2ccccc12. The Morgan fingerprint density at radius 1 is 0.947 bits per heavy atom. The van der Waals surface area contributed by atoms with Crippen LogP contribution in [0.3, 0.4) is 0 Å². The molecule has 0 aliphatic rings. The highest BCUT2D eigenvalue weighted by molar-refractivity contribution is 9.10. The Hall–Kier alpha value is -3.97. The Balaban J connectivity index is 1.45. The molecular formula is C31H28BrN3O3. The van der Waals surface area contributed by atoms with Crippen molar-refractivity contribution >= 4 is 43.8 Å². The highest BCUT2D eigenvalue weighted by Crippen LogP contribution is 2.30. The van der Waals surface area contributed by atoms with Gasteiger partial charge in [-0.2, -0.15) is 9.78 Å². The zero-order chi connectivity index (χ0) is 26.6. The smallest absolute Gasteiger partial charge is 0.282 e. The summed E-state index contributed by atoms with van der Waals surface area (Å²) < 4.78 is 14.3. The summed E-state index contributed by atoms with van der Waals surface area (Å²) in [4.78, 5) is 18.0. The molecule has 0 amide bonds. The molecule has 192 valence electrons. The van der Waals surface area contributed by atoms with Gasteiger partial charge in [-0.3, -0.25) is 4.79 Å². The molecule has 0 fully saturated rings. The zero-order valence-corrected chi connectivity index (χ0v) is 23.1. The molecule has 0 aliphatic heterocycles. The van der Waals surface area contributed by atoms with Crippen molar-refractivity contribution in [3.63, 3.8) is 0 Å². The fourth-order valence-electron chi connectivity index (χ4n) is 4.34. The van der Waals surface area contributed by atoms with Gasteiger partial charge >= 0.3 is 0 Å². The van der Waals surface area contributed by atoms with Gasteiger partial charge in [0.15, 0.2) is 11.5 Å². The number of hydrogen-bond donors (Lipinski definition) is 0. The first-order valence-corrected chi connectivity index (χ1v) is 13.4. The van der Waals surface area contributed by atoms with Gasteiger partial charge in [-0.1, -0.05) is 72.2 Å². The maximum atomic E-state index is 13.3. The van der Waals surface area contributed by atoms with Crippen LogP contribution in [-0.4, -0.2) is 22.5 Å². The number of aromatic nitrogens is 2. The van der Waals surface area contributed by atoms with Gasteiger partial charge in [0.05, 0.1) is 23.7 Å². The highest BCUT2D eigenvalue weighted by Gasteiger charge is 2.14. The Kier molecular flexibility index (Phi) is 7.56. The summed E-state index contributed by atoms with van der Waals surface area (Å²) in [5.74, 6) is 1.88. The number of halogens is 1. The van der Waals surface area contributed by atoms with E-state index in [4.69, 9.17) is 14.5 Å². The summed E-state index contributed by atoms with van der Waals surface area (Å²) in [6.07, 6.45) is 1.65.